The van der Waals surface area contributed by atoms with Crippen molar-refractivity contribution in [2.75, 3.05) is 4.81 Å². The zero-order valence-corrected chi connectivity index (χ0v) is 28.3. The van der Waals surface area contributed by atoms with Crippen molar-refractivity contribution < 1.29 is 4.74 Å². The molecule has 240 valence electrons. The number of fused-ring (bicyclic) bond motifs is 9. The van der Waals surface area contributed by atoms with Crippen molar-refractivity contribution in [3.05, 3.63) is 169 Å². The molecule has 5 heteroatoms. The summed E-state index contributed by atoms with van der Waals surface area (Å²) in [5.74, 6) is 1.70. The van der Waals surface area contributed by atoms with Crippen LogP contribution in [0.4, 0.5) is 11.4 Å². The van der Waals surface area contributed by atoms with Gasteiger partial charge in [0.15, 0.2) is 5.75 Å². The smallest absolute Gasteiger partial charge is 0.329 e. The first-order valence-corrected chi connectivity index (χ1v) is 17.7. The highest BCUT2D eigenvalue weighted by Crippen LogP contribution is 2.57. The maximum absolute atomic E-state index is 7.14. The highest BCUT2D eigenvalue weighted by Gasteiger charge is 2.45. The molecule has 0 amide bonds. The molecule has 4 nitrogen and oxygen atoms in total. The van der Waals surface area contributed by atoms with Crippen LogP contribution in [0.5, 0.6) is 11.6 Å². The lowest BCUT2D eigenvalue weighted by Gasteiger charge is -2.42. The van der Waals surface area contributed by atoms with E-state index in [-0.39, 0.29) is 6.85 Å². The average molecular weight is 654 g/mol. The van der Waals surface area contributed by atoms with Gasteiger partial charge in [-0.15, -0.1) is 0 Å². The number of aromatic nitrogens is 2. The lowest BCUT2D eigenvalue weighted by Crippen LogP contribution is -2.59. The van der Waals surface area contributed by atoms with Crippen LogP contribution in [0.25, 0.3) is 55.2 Å². The minimum absolute atomic E-state index is 0.0399. The molecule has 51 heavy (non-hydrogen) atoms. The molecule has 0 saturated carbocycles. The van der Waals surface area contributed by atoms with Crippen LogP contribution in [0.1, 0.15) is 11.1 Å². The van der Waals surface area contributed by atoms with Crippen LogP contribution in [0.2, 0.25) is 0 Å². The second-order valence-electron chi connectivity index (χ2n) is 13.8. The summed E-state index contributed by atoms with van der Waals surface area (Å²) in [6.07, 6.45) is 0. The lowest BCUT2D eigenvalue weighted by atomic mass is 9.44. The molecule has 4 heterocycles. The number of hydrogen-bond acceptors (Lipinski definition) is 2. The molecule has 2 aliphatic rings. The van der Waals surface area contributed by atoms with Crippen molar-refractivity contribution in [2.24, 2.45) is 0 Å². The first-order valence-electron chi connectivity index (χ1n) is 17.7. The van der Waals surface area contributed by atoms with Gasteiger partial charge in [0, 0.05) is 27.4 Å². The van der Waals surface area contributed by atoms with Crippen molar-refractivity contribution in [3.63, 3.8) is 0 Å². The van der Waals surface area contributed by atoms with Gasteiger partial charge in [0.25, 0.3) is 0 Å². The second-order valence-corrected chi connectivity index (χ2v) is 13.8. The van der Waals surface area contributed by atoms with E-state index >= 15 is 0 Å². The molecule has 11 rings (SSSR count). The van der Waals surface area contributed by atoms with Crippen molar-refractivity contribution in [2.45, 2.75) is 13.8 Å². The Hall–Kier alpha value is -6.46. The van der Waals surface area contributed by atoms with Crippen molar-refractivity contribution >= 4 is 61.9 Å². The first-order chi connectivity index (χ1) is 25.2. The van der Waals surface area contributed by atoms with Gasteiger partial charge in [0.2, 0.25) is 5.88 Å². The number of para-hydroxylation sites is 4. The Labute approximate surface area is 296 Å². The van der Waals surface area contributed by atoms with Gasteiger partial charge < -0.3 is 14.1 Å². The maximum atomic E-state index is 7.14. The zero-order valence-electron chi connectivity index (χ0n) is 28.3. The number of hydrogen-bond donors (Lipinski definition) is 0. The van der Waals surface area contributed by atoms with E-state index in [4.69, 9.17) is 4.74 Å². The van der Waals surface area contributed by atoms with Crippen LogP contribution >= 0.6 is 0 Å². The Kier molecular flexibility index (Phi) is 5.86. The molecule has 0 spiro atoms. The minimum Gasteiger partial charge on any atom is -0.436 e. The molecule has 7 aromatic carbocycles. The molecule has 0 fully saturated rings. The molecule has 0 atom stereocenters. The number of rotatable bonds is 3. The van der Waals surface area contributed by atoms with E-state index in [0.717, 1.165) is 45.3 Å². The molecule has 0 radical (unpaired) electrons. The fraction of sp³-hybridized carbons (Fsp3) is 0.0435. The molecule has 0 bridgehead atoms. The Morgan fingerprint density at radius 2 is 1.02 bits per heavy atom. The molecular weight excluding hydrogens is 621 g/mol. The predicted molar refractivity (Wildman–Crippen MR) is 213 cm³/mol. The number of ether oxygens (including phenoxy) is 1. The van der Waals surface area contributed by atoms with E-state index in [2.05, 4.69) is 186 Å². The summed E-state index contributed by atoms with van der Waals surface area (Å²) in [4.78, 5) is 2.58. The third-order valence-electron chi connectivity index (χ3n) is 11.0. The summed E-state index contributed by atoms with van der Waals surface area (Å²) in [5.41, 5.74) is 15.5. The van der Waals surface area contributed by atoms with Crippen molar-refractivity contribution in [1.82, 2.24) is 9.13 Å². The molecular formula is C46H32BN3O. The summed E-state index contributed by atoms with van der Waals surface area (Å²) in [5, 5.41) is 3.66. The van der Waals surface area contributed by atoms with Gasteiger partial charge in [-0.05, 0) is 72.8 Å². The number of anilines is 2. The second kappa shape index (κ2) is 10.5. The SMILES string of the molecule is Cc1cccc(C)c1B1c2ccccc2-c2cccc3c2N1c1c(n(-c2cccc(-n4c5ccccc5c5ccccc54)c2)c2ccccc12)O3. The lowest BCUT2D eigenvalue weighted by molar-refractivity contribution is 0.451. The summed E-state index contributed by atoms with van der Waals surface area (Å²) in [6, 6.07) is 57.1. The molecule has 0 N–H and O–H groups in total. The quantitative estimate of drug-likeness (QED) is 0.177. The van der Waals surface area contributed by atoms with Gasteiger partial charge in [0.1, 0.15) is 5.69 Å². The van der Waals surface area contributed by atoms with Crippen molar-refractivity contribution in [3.8, 4) is 34.1 Å². The highest BCUT2D eigenvalue weighted by atomic mass is 16.5. The molecule has 2 aromatic heterocycles. The summed E-state index contributed by atoms with van der Waals surface area (Å²) >= 11 is 0. The van der Waals surface area contributed by atoms with Crippen LogP contribution in [0.3, 0.4) is 0 Å². The molecule has 9 aromatic rings. The van der Waals surface area contributed by atoms with Crippen LogP contribution in [0, 0.1) is 13.8 Å². The van der Waals surface area contributed by atoms with Gasteiger partial charge in [-0.25, -0.2) is 0 Å². The third kappa shape index (κ3) is 3.86. The topological polar surface area (TPSA) is 22.3 Å². The predicted octanol–water partition coefficient (Wildman–Crippen LogP) is 10.4. The summed E-state index contributed by atoms with van der Waals surface area (Å²) in [7, 11) is 0. The van der Waals surface area contributed by atoms with Crippen LogP contribution < -0.4 is 20.5 Å². The fourth-order valence-electron chi connectivity index (χ4n) is 8.96. The summed E-state index contributed by atoms with van der Waals surface area (Å²) in [6.45, 7) is 4.45. The standard InChI is InChI=1S/C46H32BN3O/c1-29-14-11-15-30(2)43(29)47-38-23-7-3-18-33(38)36-22-13-27-42-44(36)50(47)45-37-21-6-10-26-41(37)49(46(45)51-42)32-17-12-16-31(28-32)48-39-24-8-4-19-34(39)35-20-5-9-25-40(35)48/h3-28H,1-2H3. The molecule has 0 saturated heterocycles. The molecule has 0 unspecified atom stereocenters. The van der Waals surface area contributed by atoms with Crippen LogP contribution in [-0.2, 0) is 0 Å². The Bertz CT molecular complexity index is 2820. The normalized spacial score (nSPS) is 13.0. The van der Waals surface area contributed by atoms with Crippen LogP contribution in [-0.4, -0.2) is 16.0 Å². The van der Waals surface area contributed by atoms with E-state index < -0.39 is 0 Å². The monoisotopic (exact) mass is 653 g/mol. The first kappa shape index (κ1) is 28.4. The van der Waals surface area contributed by atoms with E-state index in [1.807, 2.05) is 0 Å². The number of nitrogens with zero attached hydrogens (tertiary/aromatic N) is 3. The summed E-state index contributed by atoms with van der Waals surface area (Å²) < 4.78 is 11.8. The Morgan fingerprint density at radius 3 is 1.75 bits per heavy atom. The van der Waals surface area contributed by atoms with Gasteiger partial charge in [0.05, 0.1) is 27.9 Å². The fourth-order valence-corrected chi connectivity index (χ4v) is 8.96. The molecule has 2 aliphatic heterocycles. The third-order valence-corrected chi connectivity index (χ3v) is 11.0. The Morgan fingerprint density at radius 1 is 0.471 bits per heavy atom. The minimum atomic E-state index is -0.0399. The van der Waals surface area contributed by atoms with E-state index in [9.17, 15) is 0 Å². The van der Waals surface area contributed by atoms with E-state index in [0.29, 0.717) is 0 Å². The number of aryl methyl sites for hydroxylation is 2. The average Bonchev–Trinajstić information content (AvgIpc) is 3.68. The van der Waals surface area contributed by atoms with Gasteiger partial charge in [-0.1, -0.05) is 126 Å². The largest absolute Gasteiger partial charge is 0.436 e. The zero-order chi connectivity index (χ0) is 33.8. The van der Waals surface area contributed by atoms with Gasteiger partial charge in [-0.3, -0.25) is 4.57 Å². The van der Waals surface area contributed by atoms with Gasteiger partial charge >= 0.3 is 6.85 Å². The van der Waals surface area contributed by atoms with Crippen LogP contribution in [0.15, 0.2) is 158 Å². The van der Waals surface area contributed by atoms with E-state index in [1.165, 1.54) is 55.0 Å². The maximum Gasteiger partial charge on any atom is 0.329 e. The number of benzene rings is 7. The highest BCUT2D eigenvalue weighted by molar-refractivity contribution is 6.91. The molecule has 0 aliphatic carbocycles. The Balaban J connectivity index is 1.20. The van der Waals surface area contributed by atoms with Gasteiger partial charge in [-0.2, -0.15) is 0 Å². The van der Waals surface area contributed by atoms with E-state index in [1.54, 1.807) is 0 Å². The van der Waals surface area contributed by atoms with Crippen molar-refractivity contribution in [1.29, 1.82) is 0 Å².